The second-order valence-corrected chi connectivity index (χ2v) is 7.53. The van der Waals surface area contributed by atoms with E-state index in [0.29, 0.717) is 41.8 Å². The Balaban J connectivity index is 1.70. The van der Waals surface area contributed by atoms with Gasteiger partial charge in [0, 0.05) is 28.6 Å². The van der Waals surface area contributed by atoms with Crippen molar-refractivity contribution in [2.24, 2.45) is 0 Å². The second kappa shape index (κ2) is 7.47. The number of anilines is 1. The van der Waals surface area contributed by atoms with E-state index in [2.05, 4.69) is 10.3 Å². The summed E-state index contributed by atoms with van der Waals surface area (Å²) in [4.78, 5) is 17.8. The van der Waals surface area contributed by atoms with E-state index in [9.17, 15) is 4.79 Å². The van der Waals surface area contributed by atoms with Crippen LogP contribution < -0.4 is 5.32 Å². The van der Waals surface area contributed by atoms with E-state index >= 15 is 0 Å². The van der Waals surface area contributed by atoms with Gasteiger partial charge in [-0.2, -0.15) is 0 Å². The van der Waals surface area contributed by atoms with Gasteiger partial charge in [-0.25, -0.2) is 0 Å². The van der Waals surface area contributed by atoms with Gasteiger partial charge < -0.3 is 10.1 Å². The molecule has 1 aliphatic heterocycles. The number of rotatable bonds is 3. The number of aromatic nitrogens is 1. The first-order chi connectivity index (χ1) is 13.1. The molecule has 0 spiro atoms. The third-order valence-electron chi connectivity index (χ3n) is 5.08. The Morgan fingerprint density at radius 3 is 2.63 bits per heavy atom. The van der Waals surface area contributed by atoms with Crippen molar-refractivity contribution in [1.82, 2.24) is 4.98 Å². The van der Waals surface area contributed by atoms with Crippen LogP contribution in [0, 0.1) is 0 Å². The Morgan fingerprint density at radius 1 is 1.07 bits per heavy atom. The molecule has 138 valence electrons. The van der Waals surface area contributed by atoms with Crippen LogP contribution in [0.5, 0.6) is 0 Å². The van der Waals surface area contributed by atoms with Crippen LogP contribution in [0.1, 0.15) is 18.4 Å². The van der Waals surface area contributed by atoms with E-state index in [1.54, 1.807) is 18.3 Å². The van der Waals surface area contributed by atoms with Crippen molar-refractivity contribution in [3.8, 4) is 0 Å². The average Bonchev–Trinajstić information content (AvgIpc) is 2.68. The quantitative estimate of drug-likeness (QED) is 0.654. The standard InChI is InChI=1S/C21H18Cl2N2O2/c22-15-5-6-17(18(23)12-15)21(7-9-27-10-8-21)20(26)25-16-11-14-3-1-2-4-19(14)24-13-16/h1-6,11-13H,7-10H2,(H,25,26). The Labute approximate surface area is 167 Å². The van der Waals surface area contributed by atoms with Crippen LogP contribution in [0.3, 0.4) is 0 Å². The number of halogens is 2. The summed E-state index contributed by atoms with van der Waals surface area (Å²) in [6, 6.07) is 15.0. The van der Waals surface area contributed by atoms with E-state index in [1.165, 1.54) is 0 Å². The van der Waals surface area contributed by atoms with Gasteiger partial charge in [-0.15, -0.1) is 0 Å². The number of ether oxygens (including phenoxy) is 1. The molecule has 0 bridgehead atoms. The molecule has 1 amide bonds. The summed E-state index contributed by atoms with van der Waals surface area (Å²) >= 11 is 12.5. The number of benzene rings is 2. The molecule has 0 saturated carbocycles. The molecule has 0 atom stereocenters. The minimum Gasteiger partial charge on any atom is -0.381 e. The summed E-state index contributed by atoms with van der Waals surface area (Å²) in [5.74, 6) is -0.105. The fraction of sp³-hybridized carbons (Fsp3) is 0.238. The highest BCUT2D eigenvalue weighted by molar-refractivity contribution is 6.35. The molecule has 0 aliphatic carbocycles. The van der Waals surface area contributed by atoms with Crippen molar-refractivity contribution < 1.29 is 9.53 Å². The van der Waals surface area contributed by atoms with Crippen LogP contribution in [0.4, 0.5) is 5.69 Å². The fourth-order valence-corrected chi connectivity index (χ4v) is 4.20. The lowest BCUT2D eigenvalue weighted by molar-refractivity contribution is -0.125. The third kappa shape index (κ3) is 3.53. The smallest absolute Gasteiger partial charge is 0.235 e. The number of fused-ring (bicyclic) bond motifs is 1. The molecule has 0 unspecified atom stereocenters. The van der Waals surface area contributed by atoms with Crippen molar-refractivity contribution >= 4 is 45.7 Å². The first-order valence-corrected chi connectivity index (χ1v) is 9.54. The molecule has 0 radical (unpaired) electrons. The minimum absolute atomic E-state index is 0.105. The van der Waals surface area contributed by atoms with Crippen molar-refractivity contribution in [1.29, 1.82) is 0 Å². The van der Waals surface area contributed by atoms with Crippen LogP contribution in [-0.2, 0) is 14.9 Å². The summed E-state index contributed by atoms with van der Waals surface area (Å²) in [7, 11) is 0. The predicted molar refractivity (Wildman–Crippen MR) is 109 cm³/mol. The fourth-order valence-electron chi connectivity index (χ4n) is 3.61. The monoisotopic (exact) mass is 400 g/mol. The lowest BCUT2D eigenvalue weighted by Gasteiger charge is -2.36. The largest absolute Gasteiger partial charge is 0.381 e. The second-order valence-electron chi connectivity index (χ2n) is 6.69. The number of hydrogen-bond acceptors (Lipinski definition) is 3. The van der Waals surface area contributed by atoms with Crippen molar-refractivity contribution in [2.75, 3.05) is 18.5 Å². The van der Waals surface area contributed by atoms with Crippen molar-refractivity contribution in [3.05, 3.63) is 70.3 Å². The molecule has 1 aliphatic rings. The molecule has 4 rings (SSSR count). The van der Waals surface area contributed by atoms with Crippen LogP contribution in [0.25, 0.3) is 10.9 Å². The predicted octanol–water partition coefficient (Wildman–Crippen LogP) is 5.23. The van der Waals surface area contributed by atoms with E-state index in [0.717, 1.165) is 16.5 Å². The highest BCUT2D eigenvalue weighted by atomic mass is 35.5. The number of pyridine rings is 1. The number of carbonyl (C=O) groups is 1. The number of amides is 1. The Kier molecular flexibility index (Phi) is 5.04. The van der Waals surface area contributed by atoms with E-state index in [1.807, 2.05) is 36.4 Å². The molecular weight excluding hydrogens is 383 g/mol. The molecule has 3 aromatic rings. The molecule has 4 nitrogen and oxygen atoms in total. The van der Waals surface area contributed by atoms with Gasteiger partial charge >= 0.3 is 0 Å². The van der Waals surface area contributed by atoms with Gasteiger partial charge in [0.05, 0.1) is 22.8 Å². The Bertz CT molecular complexity index is 1000. The minimum atomic E-state index is -0.758. The normalized spacial score (nSPS) is 16.2. The SMILES string of the molecule is O=C(Nc1cnc2ccccc2c1)C1(c2ccc(Cl)cc2Cl)CCOCC1. The highest BCUT2D eigenvalue weighted by Crippen LogP contribution is 2.40. The summed E-state index contributed by atoms with van der Waals surface area (Å²) in [5, 5.41) is 5.05. The number of hydrogen-bond donors (Lipinski definition) is 1. The van der Waals surface area contributed by atoms with Gasteiger partial charge in [0.1, 0.15) is 0 Å². The maximum atomic E-state index is 13.4. The van der Waals surface area contributed by atoms with Gasteiger partial charge in [-0.3, -0.25) is 9.78 Å². The van der Waals surface area contributed by atoms with E-state index in [-0.39, 0.29) is 5.91 Å². The first kappa shape index (κ1) is 18.2. The molecule has 1 aromatic heterocycles. The van der Waals surface area contributed by atoms with Crippen LogP contribution in [0.2, 0.25) is 10.0 Å². The zero-order chi connectivity index (χ0) is 18.9. The van der Waals surface area contributed by atoms with Gasteiger partial charge in [0.15, 0.2) is 0 Å². The average molecular weight is 401 g/mol. The summed E-state index contributed by atoms with van der Waals surface area (Å²) in [6.45, 7) is 1.00. The Hall–Kier alpha value is -2.14. The topological polar surface area (TPSA) is 51.2 Å². The number of carbonyl (C=O) groups excluding carboxylic acids is 1. The van der Waals surface area contributed by atoms with Gasteiger partial charge in [-0.05, 0) is 42.7 Å². The van der Waals surface area contributed by atoms with Crippen LogP contribution >= 0.6 is 23.2 Å². The van der Waals surface area contributed by atoms with Crippen molar-refractivity contribution in [2.45, 2.75) is 18.3 Å². The van der Waals surface area contributed by atoms with Crippen LogP contribution in [0.15, 0.2) is 54.7 Å². The molecule has 27 heavy (non-hydrogen) atoms. The molecule has 2 heterocycles. The summed E-state index contributed by atoms with van der Waals surface area (Å²) < 4.78 is 5.51. The zero-order valence-electron chi connectivity index (χ0n) is 14.5. The molecule has 2 aromatic carbocycles. The Morgan fingerprint density at radius 2 is 1.85 bits per heavy atom. The van der Waals surface area contributed by atoms with E-state index in [4.69, 9.17) is 27.9 Å². The number of nitrogens with zero attached hydrogens (tertiary/aromatic N) is 1. The van der Waals surface area contributed by atoms with Crippen molar-refractivity contribution in [3.63, 3.8) is 0 Å². The van der Waals surface area contributed by atoms with E-state index < -0.39 is 5.41 Å². The highest BCUT2D eigenvalue weighted by Gasteiger charge is 2.43. The summed E-state index contributed by atoms with van der Waals surface area (Å²) in [6.07, 6.45) is 2.79. The zero-order valence-corrected chi connectivity index (χ0v) is 16.1. The van der Waals surface area contributed by atoms with Gasteiger partial charge in [0.2, 0.25) is 5.91 Å². The molecule has 1 fully saturated rings. The molecule has 1 N–H and O–H groups in total. The van der Waals surface area contributed by atoms with Crippen LogP contribution in [-0.4, -0.2) is 24.1 Å². The maximum Gasteiger partial charge on any atom is 0.235 e. The number of nitrogens with one attached hydrogen (secondary N) is 1. The lowest BCUT2D eigenvalue weighted by atomic mass is 9.73. The third-order valence-corrected chi connectivity index (χ3v) is 5.62. The molecule has 1 saturated heterocycles. The number of para-hydroxylation sites is 1. The van der Waals surface area contributed by atoms with Gasteiger partial charge in [-0.1, -0.05) is 47.5 Å². The first-order valence-electron chi connectivity index (χ1n) is 8.78. The lowest BCUT2D eigenvalue weighted by Crippen LogP contribution is -2.45. The molecular formula is C21H18Cl2N2O2. The summed E-state index contributed by atoms with van der Waals surface area (Å²) in [5.41, 5.74) is 1.57. The molecule has 6 heteroatoms. The van der Waals surface area contributed by atoms with Gasteiger partial charge in [0.25, 0.3) is 0 Å². The maximum absolute atomic E-state index is 13.4.